The lowest BCUT2D eigenvalue weighted by molar-refractivity contribution is -0.137. The maximum absolute atomic E-state index is 12.8. The summed E-state index contributed by atoms with van der Waals surface area (Å²) in [7, 11) is 0. The molecule has 0 radical (unpaired) electrons. The third-order valence-electron chi connectivity index (χ3n) is 4.76. The normalized spacial score (nSPS) is 14.2. The molecule has 4 rings (SSSR count). The van der Waals surface area contributed by atoms with Crippen molar-refractivity contribution in [2.45, 2.75) is 19.0 Å². The maximum Gasteiger partial charge on any atom is 0.416 e. The van der Waals surface area contributed by atoms with Gasteiger partial charge < -0.3 is 10.2 Å². The Bertz CT molecular complexity index is 1010. The molecule has 2 heterocycles. The highest BCUT2D eigenvalue weighted by Crippen LogP contribution is 2.31. The highest BCUT2D eigenvalue weighted by atomic mass is 32.1. The molecule has 2 aromatic carbocycles. The van der Waals surface area contributed by atoms with E-state index >= 15 is 0 Å². The molecule has 1 saturated heterocycles. The van der Waals surface area contributed by atoms with Gasteiger partial charge in [0.2, 0.25) is 0 Å². The highest BCUT2D eigenvalue weighted by Gasteiger charge is 2.30. The van der Waals surface area contributed by atoms with Crippen molar-refractivity contribution in [3.63, 3.8) is 0 Å². The molecular weight excluding hydrogens is 399 g/mol. The number of halogens is 3. The number of aromatic nitrogens is 1. The number of amides is 1. The average molecular weight is 417 g/mol. The summed E-state index contributed by atoms with van der Waals surface area (Å²) in [6.45, 7) is 2.07. The molecule has 3 aromatic rings. The molecule has 0 bridgehead atoms. The van der Waals surface area contributed by atoms with Gasteiger partial charge in [0.1, 0.15) is 0 Å². The third-order valence-corrected chi connectivity index (χ3v) is 5.66. The van der Waals surface area contributed by atoms with E-state index < -0.39 is 17.6 Å². The highest BCUT2D eigenvalue weighted by molar-refractivity contribution is 7.14. The summed E-state index contributed by atoms with van der Waals surface area (Å²) < 4.78 is 38.5. The molecule has 0 saturated carbocycles. The van der Waals surface area contributed by atoms with E-state index in [2.05, 4.69) is 15.2 Å². The fourth-order valence-electron chi connectivity index (χ4n) is 3.21. The van der Waals surface area contributed by atoms with Crippen LogP contribution in [0.3, 0.4) is 0 Å². The van der Waals surface area contributed by atoms with E-state index in [1.54, 1.807) is 23.5 Å². The van der Waals surface area contributed by atoms with Crippen LogP contribution in [0.1, 0.15) is 28.8 Å². The lowest BCUT2D eigenvalue weighted by Crippen LogP contribution is -2.17. The van der Waals surface area contributed by atoms with E-state index in [9.17, 15) is 18.0 Å². The van der Waals surface area contributed by atoms with E-state index in [-0.39, 0.29) is 5.56 Å². The fourth-order valence-corrected chi connectivity index (χ4v) is 4.10. The minimum absolute atomic E-state index is 0.0429. The lowest BCUT2D eigenvalue weighted by atomic mass is 10.1. The van der Waals surface area contributed by atoms with Gasteiger partial charge in [0.05, 0.1) is 11.3 Å². The zero-order chi connectivity index (χ0) is 20.4. The SMILES string of the molecule is O=C(Nc1ccc(-c2csc(N3CCCC3)n2)cc1)c1cccc(C(F)(F)F)c1. The summed E-state index contributed by atoms with van der Waals surface area (Å²) in [5.74, 6) is -0.589. The summed E-state index contributed by atoms with van der Waals surface area (Å²) in [6, 6.07) is 11.5. The van der Waals surface area contributed by atoms with Crippen LogP contribution in [0.15, 0.2) is 53.9 Å². The molecule has 1 N–H and O–H groups in total. The van der Waals surface area contributed by atoms with Crippen molar-refractivity contribution < 1.29 is 18.0 Å². The van der Waals surface area contributed by atoms with Crippen molar-refractivity contribution in [3.05, 3.63) is 65.0 Å². The van der Waals surface area contributed by atoms with Crippen molar-refractivity contribution in [3.8, 4) is 11.3 Å². The predicted octanol–water partition coefficient (Wildman–Crippen LogP) is 5.68. The fraction of sp³-hybridized carbons (Fsp3) is 0.238. The monoisotopic (exact) mass is 417 g/mol. The van der Waals surface area contributed by atoms with Gasteiger partial charge in [-0.05, 0) is 43.2 Å². The first-order valence-electron chi connectivity index (χ1n) is 9.20. The topological polar surface area (TPSA) is 45.2 Å². The Morgan fingerprint density at radius 3 is 2.48 bits per heavy atom. The van der Waals surface area contributed by atoms with Crippen molar-refractivity contribution >= 4 is 28.1 Å². The van der Waals surface area contributed by atoms with Crippen LogP contribution in [0, 0.1) is 0 Å². The summed E-state index contributed by atoms with van der Waals surface area (Å²) in [6.07, 6.45) is -2.11. The molecule has 0 spiro atoms. The van der Waals surface area contributed by atoms with E-state index in [4.69, 9.17) is 0 Å². The molecule has 1 amide bonds. The van der Waals surface area contributed by atoms with Crippen molar-refractivity contribution in [1.82, 2.24) is 4.98 Å². The second-order valence-electron chi connectivity index (χ2n) is 6.82. The quantitative estimate of drug-likeness (QED) is 0.594. The minimum atomic E-state index is -4.49. The zero-order valence-corrected chi connectivity index (χ0v) is 16.2. The standard InChI is InChI=1S/C21H18F3N3OS/c22-21(23,24)16-5-3-4-15(12-16)19(28)25-17-8-6-14(7-9-17)18-13-29-20(26-18)27-10-1-2-11-27/h3-9,12-13H,1-2,10-11H2,(H,25,28). The molecule has 0 unspecified atom stereocenters. The minimum Gasteiger partial charge on any atom is -0.348 e. The van der Waals surface area contributed by atoms with Crippen LogP contribution in [-0.4, -0.2) is 24.0 Å². The second kappa shape index (κ2) is 7.87. The van der Waals surface area contributed by atoms with Crippen LogP contribution in [0.25, 0.3) is 11.3 Å². The largest absolute Gasteiger partial charge is 0.416 e. The number of alkyl halides is 3. The van der Waals surface area contributed by atoms with Gasteiger partial charge in [0, 0.05) is 35.3 Å². The summed E-state index contributed by atoms with van der Waals surface area (Å²) in [5.41, 5.74) is 1.40. The average Bonchev–Trinajstić information content (AvgIpc) is 3.40. The Labute approximate surface area is 170 Å². The predicted molar refractivity (Wildman–Crippen MR) is 108 cm³/mol. The number of nitrogens with zero attached hydrogens (tertiary/aromatic N) is 2. The van der Waals surface area contributed by atoms with Crippen LogP contribution in [0.5, 0.6) is 0 Å². The van der Waals surface area contributed by atoms with E-state index in [1.807, 2.05) is 17.5 Å². The summed E-state index contributed by atoms with van der Waals surface area (Å²) in [5, 5.41) is 5.65. The lowest BCUT2D eigenvalue weighted by Gasteiger charge is -2.12. The Kier molecular flexibility index (Phi) is 5.27. The maximum atomic E-state index is 12.8. The van der Waals surface area contributed by atoms with Crippen LogP contribution >= 0.6 is 11.3 Å². The van der Waals surface area contributed by atoms with Crippen LogP contribution in [0.4, 0.5) is 24.0 Å². The Hall–Kier alpha value is -2.87. The number of hydrogen-bond donors (Lipinski definition) is 1. The number of carbonyl (C=O) groups excluding carboxylic acids is 1. The number of anilines is 2. The van der Waals surface area contributed by atoms with Crippen LogP contribution < -0.4 is 10.2 Å². The van der Waals surface area contributed by atoms with Gasteiger partial charge in [-0.25, -0.2) is 4.98 Å². The molecule has 1 aliphatic heterocycles. The molecule has 150 valence electrons. The summed E-state index contributed by atoms with van der Waals surface area (Å²) in [4.78, 5) is 19.3. The second-order valence-corrected chi connectivity index (χ2v) is 7.66. The molecule has 1 aliphatic rings. The summed E-state index contributed by atoms with van der Waals surface area (Å²) >= 11 is 1.61. The van der Waals surface area contributed by atoms with Gasteiger partial charge in [0.15, 0.2) is 5.13 Å². The smallest absolute Gasteiger partial charge is 0.348 e. The molecule has 1 fully saturated rings. The molecule has 4 nitrogen and oxygen atoms in total. The van der Waals surface area contributed by atoms with Crippen molar-refractivity contribution in [2.75, 3.05) is 23.3 Å². The number of thiazole rings is 1. The number of nitrogens with one attached hydrogen (secondary N) is 1. The third kappa shape index (κ3) is 4.42. The molecule has 8 heteroatoms. The number of rotatable bonds is 4. The first-order valence-corrected chi connectivity index (χ1v) is 10.1. The Morgan fingerprint density at radius 1 is 1.07 bits per heavy atom. The first-order chi connectivity index (χ1) is 13.9. The van der Waals surface area contributed by atoms with Gasteiger partial charge >= 0.3 is 6.18 Å². The van der Waals surface area contributed by atoms with Gasteiger partial charge in [-0.15, -0.1) is 11.3 Å². The number of benzene rings is 2. The van der Waals surface area contributed by atoms with Crippen molar-refractivity contribution in [1.29, 1.82) is 0 Å². The number of hydrogen-bond acceptors (Lipinski definition) is 4. The van der Waals surface area contributed by atoms with Gasteiger partial charge in [-0.3, -0.25) is 4.79 Å². The molecule has 0 aliphatic carbocycles. The van der Waals surface area contributed by atoms with Crippen molar-refractivity contribution in [2.24, 2.45) is 0 Å². The van der Waals surface area contributed by atoms with Gasteiger partial charge in [-0.1, -0.05) is 18.2 Å². The van der Waals surface area contributed by atoms with E-state index in [0.717, 1.165) is 41.6 Å². The number of carbonyl (C=O) groups is 1. The van der Waals surface area contributed by atoms with Crippen LogP contribution in [-0.2, 0) is 6.18 Å². The molecule has 0 atom stereocenters. The van der Waals surface area contributed by atoms with E-state index in [0.29, 0.717) is 5.69 Å². The molecular formula is C21H18F3N3OS. The Morgan fingerprint density at radius 2 is 1.79 bits per heavy atom. The molecule has 1 aromatic heterocycles. The zero-order valence-electron chi connectivity index (χ0n) is 15.4. The molecule has 29 heavy (non-hydrogen) atoms. The van der Waals surface area contributed by atoms with Gasteiger partial charge in [-0.2, -0.15) is 13.2 Å². The van der Waals surface area contributed by atoms with Gasteiger partial charge in [0.25, 0.3) is 5.91 Å². The van der Waals surface area contributed by atoms with E-state index in [1.165, 1.54) is 25.0 Å². The Balaban J connectivity index is 1.45. The first kappa shape index (κ1) is 19.4. The van der Waals surface area contributed by atoms with Crippen LogP contribution in [0.2, 0.25) is 0 Å².